The van der Waals surface area contributed by atoms with Crippen LogP contribution in [0.5, 0.6) is 0 Å². The predicted molar refractivity (Wildman–Crippen MR) is 98.6 cm³/mol. The summed E-state index contributed by atoms with van der Waals surface area (Å²) in [5, 5.41) is 2.87. The normalized spacial score (nSPS) is 15.2. The number of carbonyl (C=O) groups is 3. The molecular weight excluding hydrogens is 365 g/mol. The highest BCUT2D eigenvalue weighted by atomic mass is 19.1. The fourth-order valence-electron chi connectivity index (χ4n) is 3.16. The molecule has 1 N–H and O–H groups in total. The third kappa shape index (κ3) is 4.19. The van der Waals surface area contributed by atoms with Crippen LogP contribution in [0.2, 0.25) is 0 Å². The summed E-state index contributed by atoms with van der Waals surface area (Å²) in [6, 6.07) is 5.04. The lowest BCUT2D eigenvalue weighted by Crippen LogP contribution is -2.34. The Bertz CT molecular complexity index is 897. The molecule has 28 heavy (non-hydrogen) atoms. The third-order valence-electron chi connectivity index (χ3n) is 4.62. The van der Waals surface area contributed by atoms with Crippen molar-refractivity contribution in [1.82, 2.24) is 24.7 Å². The molecule has 1 saturated heterocycles. The lowest BCUT2D eigenvalue weighted by molar-refractivity contribution is -0.126. The number of aryl methyl sites for hydroxylation is 1. The monoisotopic (exact) mass is 387 g/mol. The lowest BCUT2D eigenvalue weighted by Gasteiger charge is -2.20. The highest BCUT2D eigenvalue weighted by Crippen LogP contribution is 2.21. The fraction of sp³-hybridized carbons (Fsp3) is 0.368. The maximum absolute atomic E-state index is 13.7. The Morgan fingerprint density at radius 3 is 2.71 bits per heavy atom. The van der Waals surface area contributed by atoms with Gasteiger partial charge in [-0.3, -0.25) is 14.5 Å². The van der Waals surface area contributed by atoms with E-state index < -0.39 is 11.9 Å². The molecule has 2 heterocycles. The van der Waals surface area contributed by atoms with Crippen LogP contribution in [0.25, 0.3) is 0 Å². The maximum atomic E-state index is 13.7. The molecule has 1 atom stereocenters. The first kappa shape index (κ1) is 19.5. The molecule has 0 bridgehead atoms. The first-order chi connectivity index (χ1) is 13.4. The molecule has 1 aliphatic heterocycles. The molecule has 0 aliphatic carbocycles. The van der Waals surface area contributed by atoms with E-state index in [1.807, 2.05) is 0 Å². The molecule has 1 fully saturated rings. The van der Waals surface area contributed by atoms with E-state index >= 15 is 0 Å². The molecule has 8 nitrogen and oxygen atoms in total. The van der Waals surface area contributed by atoms with Crippen LogP contribution in [0.4, 0.5) is 9.18 Å². The molecule has 2 aromatic rings. The predicted octanol–water partition coefficient (Wildman–Crippen LogP) is 1.44. The molecule has 9 heteroatoms. The van der Waals surface area contributed by atoms with Crippen molar-refractivity contribution in [3.63, 3.8) is 0 Å². The minimum absolute atomic E-state index is 0.0613. The van der Waals surface area contributed by atoms with Crippen molar-refractivity contribution in [2.24, 2.45) is 7.05 Å². The first-order valence-corrected chi connectivity index (χ1v) is 8.94. The highest BCUT2D eigenvalue weighted by molar-refractivity contribution is 6.01. The summed E-state index contributed by atoms with van der Waals surface area (Å²) in [6.45, 7) is 0.244. The summed E-state index contributed by atoms with van der Waals surface area (Å²) in [5.74, 6) is -0.366. The Morgan fingerprint density at radius 1 is 1.32 bits per heavy atom. The van der Waals surface area contributed by atoms with E-state index in [2.05, 4.69) is 10.3 Å². The van der Waals surface area contributed by atoms with E-state index in [0.717, 1.165) is 4.90 Å². The smallest absolute Gasteiger partial charge is 0.326 e. The van der Waals surface area contributed by atoms with Crippen molar-refractivity contribution in [1.29, 1.82) is 0 Å². The average Bonchev–Trinajstić information content (AvgIpc) is 3.17. The molecule has 3 rings (SSSR count). The Kier molecular flexibility index (Phi) is 5.72. The van der Waals surface area contributed by atoms with E-state index in [9.17, 15) is 18.8 Å². The van der Waals surface area contributed by atoms with Gasteiger partial charge in [-0.15, -0.1) is 0 Å². The number of amides is 4. The van der Waals surface area contributed by atoms with Crippen LogP contribution in [0.1, 0.15) is 30.3 Å². The second kappa shape index (κ2) is 8.20. The van der Waals surface area contributed by atoms with Gasteiger partial charge in [0.05, 0.1) is 0 Å². The van der Waals surface area contributed by atoms with E-state index in [1.54, 1.807) is 43.2 Å². The van der Waals surface area contributed by atoms with Crippen molar-refractivity contribution in [2.45, 2.75) is 18.9 Å². The number of benzene rings is 1. The molecule has 0 saturated carbocycles. The van der Waals surface area contributed by atoms with Gasteiger partial charge in [-0.25, -0.2) is 14.2 Å². The number of rotatable bonds is 7. The zero-order valence-corrected chi connectivity index (χ0v) is 15.8. The zero-order chi connectivity index (χ0) is 20.3. The number of imidazole rings is 1. The fourth-order valence-corrected chi connectivity index (χ4v) is 3.16. The average molecular weight is 387 g/mol. The molecule has 1 aromatic carbocycles. The highest BCUT2D eigenvalue weighted by Gasteiger charge is 2.33. The molecule has 1 aromatic heterocycles. The molecule has 148 valence electrons. The van der Waals surface area contributed by atoms with Crippen molar-refractivity contribution < 1.29 is 18.8 Å². The Balaban J connectivity index is 1.64. The number of hydrogen-bond donors (Lipinski definition) is 1. The number of likely N-dealkylation sites (N-methyl/N-ethyl adjacent to an activating group) is 1. The van der Waals surface area contributed by atoms with E-state index in [0.29, 0.717) is 17.8 Å². The van der Waals surface area contributed by atoms with E-state index in [1.165, 1.54) is 17.0 Å². The van der Waals surface area contributed by atoms with Crippen molar-refractivity contribution in [3.8, 4) is 0 Å². The number of hydrogen-bond acceptors (Lipinski definition) is 4. The van der Waals surface area contributed by atoms with E-state index in [-0.39, 0.29) is 37.4 Å². The van der Waals surface area contributed by atoms with Crippen LogP contribution in [0, 0.1) is 5.82 Å². The van der Waals surface area contributed by atoms with Crippen LogP contribution >= 0.6 is 0 Å². The Hall–Kier alpha value is -3.23. The van der Waals surface area contributed by atoms with Gasteiger partial charge in [0.25, 0.3) is 0 Å². The number of carbonyl (C=O) groups excluding carboxylic acids is 3. The zero-order valence-electron chi connectivity index (χ0n) is 15.8. The summed E-state index contributed by atoms with van der Waals surface area (Å²) < 4.78 is 15.4. The topological polar surface area (TPSA) is 87.5 Å². The summed E-state index contributed by atoms with van der Waals surface area (Å²) in [4.78, 5) is 42.9. The first-order valence-electron chi connectivity index (χ1n) is 8.94. The van der Waals surface area contributed by atoms with Gasteiger partial charge in [-0.2, -0.15) is 0 Å². The standard InChI is InChI=1S/C19H22FN5O3/c1-23-10-8-21-18(23)17(13-5-3-6-14(20)11-13)22-15(26)7-4-9-25-16(27)12-24(2)19(25)28/h3,5-6,8,10-11,17H,4,7,9,12H2,1-2H3,(H,22,26)/t17-/m1/s1. The van der Waals surface area contributed by atoms with E-state index in [4.69, 9.17) is 0 Å². The van der Waals surface area contributed by atoms with Gasteiger partial charge < -0.3 is 14.8 Å². The van der Waals surface area contributed by atoms with Crippen LogP contribution < -0.4 is 5.32 Å². The molecule has 0 unspecified atom stereocenters. The molecule has 0 radical (unpaired) electrons. The quantitative estimate of drug-likeness (QED) is 0.729. The van der Waals surface area contributed by atoms with Gasteiger partial charge >= 0.3 is 6.03 Å². The van der Waals surface area contributed by atoms with Gasteiger partial charge in [-0.1, -0.05) is 12.1 Å². The van der Waals surface area contributed by atoms with Gasteiger partial charge in [0.2, 0.25) is 11.8 Å². The van der Waals surface area contributed by atoms with Gasteiger partial charge in [0, 0.05) is 39.5 Å². The van der Waals surface area contributed by atoms with Crippen molar-refractivity contribution in [2.75, 3.05) is 20.1 Å². The maximum Gasteiger partial charge on any atom is 0.326 e. The number of halogens is 1. The van der Waals surface area contributed by atoms with Crippen LogP contribution in [-0.4, -0.2) is 57.3 Å². The third-order valence-corrected chi connectivity index (χ3v) is 4.62. The Labute approximate surface area is 161 Å². The second-order valence-corrected chi connectivity index (χ2v) is 6.74. The van der Waals surface area contributed by atoms with Crippen LogP contribution in [0.15, 0.2) is 36.7 Å². The Morgan fingerprint density at radius 2 is 2.11 bits per heavy atom. The lowest BCUT2D eigenvalue weighted by atomic mass is 10.1. The van der Waals surface area contributed by atoms with Crippen LogP contribution in [0.3, 0.4) is 0 Å². The molecule has 0 spiro atoms. The number of nitrogens with one attached hydrogen (secondary N) is 1. The summed E-state index contributed by atoms with van der Waals surface area (Å²) >= 11 is 0. The number of nitrogens with zero attached hydrogens (tertiary/aromatic N) is 4. The number of imide groups is 1. The minimum atomic E-state index is -0.607. The second-order valence-electron chi connectivity index (χ2n) is 6.74. The number of aromatic nitrogens is 2. The van der Waals surface area contributed by atoms with Gasteiger partial charge in [0.1, 0.15) is 24.2 Å². The summed E-state index contributed by atoms with van der Waals surface area (Å²) in [6.07, 6.45) is 3.81. The largest absolute Gasteiger partial charge is 0.342 e. The molecular formula is C19H22FN5O3. The van der Waals surface area contributed by atoms with Gasteiger partial charge in [-0.05, 0) is 24.1 Å². The summed E-state index contributed by atoms with van der Waals surface area (Å²) in [5.41, 5.74) is 0.578. The number of urea groups is 1. The van der Waals surface area contributed by atoms with Crippen LogP contribution in [-0.2, 0) is 16.6 Å². The minimum Gasteiger partial charge on any atom is -0.342 e. The van der Waals surface area contributed by atoms with Crippen molar-refractivity contribution >= 4 is 17.8 Å². The van der Waals surface area contributed by atoms with Gasteiger partial charge in [0.15, 0.2) is 0 Å². The molecule has 4 amide bonds. The summed E-state index contributed by atoms with van der Waals surface area (Å²) in [7, 11) is 3.35. The van der Waals surface area contributed by atoms with Crippen molar-refractivity contribution in [3.05, 3.63) is 53.9 Å². The SMILES string of the molecule is CN1CC(=O)N(CCCC(=O)N[C@H](c2cccc(F)c2)c2nccn2C)C1=O. The molecule has 1 aliphatic rings.